The van der Waals surface area contributed by atoms with Crippen molar-refractivity contribution in [1.29, 1.82) is 0 Å². The molecule has 0 aliphatic carbocycles. The zero-order valence-electron chi connectivity index (χ0n) is 8.88. The van der Waals surface area contributed by atoms with Crippen LogP contribution in [-0.2, 0) is 4.74 Å². The Morgan fingerprint density at radius 3 is 3.08 bits per heavy atom. The second-order valence-corrected chi connectivity index (χ2v) is 3.71. The average Bonchev–Trinajstić information content (AvgIpc) is 2.13. The van der Waals surface area contributed by atoms with Gasteiger partial charge in [0, 0.05) is 45.4 Å². The largest absolute Gasteiger partial charge is 0.382 e. The summed E-state index contributed by atoms with van der Waals surface area (Å²) >= 11 is 0. The lowest BCUT2D eigenvalue weighted by Gasteiger charge is -2.31. The molecule has 1 N–H and O–H groups in total. The van der Waals surface area contributed by atoms with Crippen molar-refractivity contribution >= 4 is 0 Å². The van der Waals surface area contributed by atoms with E-state index >= 15 is 0 Å². The third-order valence-electron chi connectivity index (χ3n) is 2.42. The van der Waals surface area contributed by atoms with Gasteiger partial charge in [-0.1, -0.05) is 0 Å². The summed E-state index contributed by atoms with van der Waals surface area (Å²) in [5, 5.41) is 3.44. The van der Waals surface area contributed by atoms with Crippen LogP contribution in [0.25, 0.3) is 0 Å². The second kappa shape index (κ2) is 6.35. The van der Waals surface area contributed by atoms with Gasteiger partial charge in [0.15, 0.2) is 0 Å². The summed E-state index contributed by atoms with van der Waals surface area (Å²) in [5.41, 5.74) is 0. The molecule has 0 saturated carbocycles. The highest BCUT2D eigenvalue weighted by molar-refractivity contribution is 4.74. The molecule has 0 aromatic carbocycles. The first-order valence-electron chi connectivity index (χ1n) is 5.36. The van der Waals surface area contributed by atoms with Gasteiger partial charge < -0.3 is 15.0 Å². The standard InChI is InChI=1S/C10H22N2O/c1-3-13-8-4-6-12-7-5-11-10(2)9-12/h10-11H,3-9H2,1-2H3. The maximum absolute atomic E-state index is 5.31. The van der Waals surface area contributed by atoms with Crippen LogP contribution in [0.1, 0.15) is 20.3 Å². The van der Waals surface area contributed by atoms with Gasteiger partial charge >= 0.3 is 0 Å². The molecule has 0 radical (unpaired) electrons. The maximum atomic E-state index is 5.31. The number of nitrogens with zero attached hydrogens (tertiary/aromatic N) is 1. The summed E-state index contributed by atoms with van der Waals surface area (Å²) in [6.07, 6.45) is 1.17. The first-order valence-corrected chi connectivity index (χ1v) is 5.36. The van der Waals surface area contributed by atoms with Gasteiger partial charge in [0.2, 0.25) is 0 Å². The normalized spacial score (nSPS) is 24.9. The van der Waals surface area contributed by atoms with E-state index in [0.717, 1.165) is 19.8 Å². The maximum Gasteiger partial charge on any atom is 0.0478 e. The Morgan fingerprint density at radius 2 is 2.38 bits per heavy atom. The molecular weight excluding hydrogens is 164 g/mol. The number of hydrogen-bond acceptors (Lipinski definition) is 3. The molecule has 0 aromatic heterocycles. The molecule has 13 heavy (non-hydrogen) atoms. The van der Waals surface area contributed by atoms with E-state index in [9.17, 15) is 0 Å². The van der Waals surface area contributed by atoms with E-state index in [1.807, 2.05) is 6.92 Å². The zero-order valence-corrected chi connectivity index (χ0v) is 8.88. The number of piperazine rings is 1. The van der Waals surface area contributed by atoms with Crippen LogP contribution in [0.15, 0.2) is 0 Å². The molecule has 1 saturated heterocycles. The topological polar surface area (TPSA) is 24.5 Å². The second-order valence-electron chi connectivity index (χ2n) is 3.71. The van der Waals surface area contributed by atoms with Gasteiger partial charge in [-0.25, -0.2) is 0 Å². The van der Waals surface area contributed by atoms with Crippen molar-refractivity contribution in [2.45, 2.75) is 26.3 Å². The van der Waals surface area contributed by atoms with Gasteiger partial charge in [-0.3, -0.25) is 0 Å². The van der Waals surface area contributed by atoms with Crippen LogP contribution in [0.3, 0.4) is 0 Å². The Balaban J connectivity index is 2.00. The molecule has 1 heterocycles. The Bertz CT molecular complexity index is 130. The van der Waals surface area contributed by atoms with Crippen molar-refractivity contribution in [3.8, 4) is 0 Å². The Morgan fingerprint density at radius 1 is 1.54 bits per heavy atom. The molecule has 0 aromatic rings. The van der Waals surface area contributed by atoms with E-state index < -0.39 is 0 Å². The minimum atomic E-state index is 0.654. The fraction of sp³-hybridized carbons (Fsp3) is 1.00. The predicted octanol–water partition coefficient (Wildman–Crippen LogP) is 0.707. The Hall–Kier alpha value is -0.120. The van der Waals surface area contributed by atoms with Crippen LogP contribution in [0.2, 0.25) is 0 Å². The lowest BCUT2D eigenvalue weighted by atomic mass is 10.2. The average molecular weight is 186 g/mol. The van der Waals surface area contributed by atoms with E-state index in [0.29, 0.717) is 6.04 Å². The van der Waals surface area contributed by atoms with Crippen LogP contribution in [0.5, 0.6) is 0 Å². The monoisotopic (exact) mass is 186 g/mol. The van der Waals surface area contributed by atoms with Crippen molar-refractivity contribution in [1.82, 2.24) is 10.2 Å². The van der Waals surface area contributed by atoms with Crippen molar-refractivity contribution in [2.24, 2.45) is 0 Å². The van der Waals surface area contributed by atoms with Gasteiger partial charge in [-0.15, -0.1) is 0 Å². The predicted molar refractivity (Wildman–Crippen MR) is 55.0 cm³/mol. The van der Waals surface area contributed by atoms with E-state index in [1.165, 1.54) is 26.1 Å². The van der Waals surface area contributed by atoms with E-state index in [1.54, 1.807) is 0 Å². The molecule has 0 bridgehead atoms. The number of nitrogens with one attached hydrogen (secondary N) is 1. The molecule has 1 atom stereocenters. The van der Waals surface area contributed by atoms with Crippen molar-refractivity contribution in [2.75, 3.05) is 39.4 Å². The molecule has 1 aliphatic rings. The highest BCUT2D eigenvalue weighted by atomic mass is 16.5. The van der Waals surface area contributed by atoms with Crippen molar-refractivity contribution in [3.63, 3.8) is 0 Å². The highest BCUT2D eigenvalue weighted by Gasteiger charge is 2.14. The lowest BCUT2D eigenvalue weighted by molar-refractivity contribution is 0.124. The van der Waals surface area contributed by atoms with E-state index in [4.69, 9.17) is 4.74 Å². The zero-order chi connectivity index (χ0) is 9.52. The third kappa shape index (κ3) is 4.60. The van der Waals surface area contributed by atoms with Crippen LogP contribution in [0.4, 0.5) is 0 Å². The SMILES string of the molecule is CCOCCCN1CCNC(C)C1. The first kappa shape index (κ1) is 11.0. The number of hydrogen-bond donors (Lipinski definition) is 1. The lowest BCUT2D eigenvalue weighted by Crippen LogP contribution is -2.49. The molecule has 3 heteroatoms. The number of rotatable bonds is 5. The summed E-state index contributed by atoms with van der Waals surface area (Å²) in [6.45, 7) is 10.7. The number of ether oxygens (including phenoxy) is 1. The van der Waals surface area contributed by atoms with E-state index in [-0.39, 0.29) is 0 Å². The van der Waals surface area contributed by atoms with Gasteiger partial charge in [0.05, 0.1) is 0 Å². The Labute approximate surface area is 81.4 Å². The molecule has 1 fully saturated rings. The summed E-state index contributed by atoms with van der Waals surface area (Å²) < 4.78 is 5.31. The van der Waals surface area contributed by atoms with Gasteiger partial charge in [0.1, 0.15) is 0 Å². The summed E-state index contributed by atoms with van der Waals surface area (Å²) in [7, 11) is 0. The fourth-order valence-corrected chi connectivity index (χ4v) is 1.75. The molecular formula is C10H22N2O. The van der Waals surface area contributed by atoms with E-state index in [2.05, 4.69) is 17.1 Å². The van der Waals surface area contributed by atoms with Gasteiger partial charge in [-0.2, -0.15) is 0 Å². The van der Waals surface area contributed by atoms with Crippen LogP contribution >= 0.6 is 0 Å². The van der Waals surface area contributed by atoms with Crippen molar-refractivity contribution < 1.29 is 4.74 Å². The Kier molecular flexibility index (Phi) is 5.35. The highest BCUT2D eigenvalue weighted by Crippen LogP contribution is 1.99. The summed E-state index contributed by atoms with van der Waals surface area (Å²) in [5.74, 6) is 0. The molecule has 1 aliphatic heterocycles. The fourth-order valence-electron chi connectivity index (χ4n) is 1.75. The first-order chi connectivity index (χ1) is 6.33. The minimum absolute atomic E-state index is 0.654. The van der Waals surface area contributed by atoms with Crippen LogP contribution in [0, 0.1) is 0 Å². The minimum Gasteiger partial charge on any atom is -0.382 e. The molecule has 3 nitrogen and oxygen atoms in total. The molecule has 1 unspecified atom stereocenters. The van der Waals surface area contributed by atoms with Crippen molar-refractivity contribution in [3.05, 3.63) is 0 Å². The summed E-state index contributed by atoms with van der Waals surface area (Å²) in [6, 6.07) is 0.654. The van der Waals surface area contributed by atoms with Crippen LogP contribution in [-0.4, -0.2) is 50.3 Å². The van der Waals surface area contributed by atoms with Crippen LogP contribution < -0.4 is 5.32 Å². The third-order valence-corrected chi connectivity index (χ3v) is 2.42. The molecule has 0 spiro atoms. The summed E-state index contributed by atoms with van der Waals surface area (Å²) in [4.78, 5) is 2.51. The van der Waals surface area contributed by atoms with Gasteiger partial charge in [0.25, 0.3) is 0 Å². The molecule has 0 amide bonds. The smallest absolute Gasteiger partial charge is 0.0478 e. The quantitative estimate of drug-likeness (QED) is 0.640. The molecule has 1 rings (SSSR count). The van der Waals surface area contributed by atoms with Gasteiger partial charge in [-0.05, 0) is 20.3 Å². The molecule has 78 valence electrons.